The lowest BCUT2D eigenvalue weighted by Gasteiger charge is -2.14. The van der Waals surface area contributed by atoms with Crippen LogP contribution < -0.4 is 5.73 Å². The molecular formula is C13H25BrN2OSi. The fraction of sp³-hybridized carbons (Fsp3) is 0.769. The molecule has 0 radical (unpaired) electrons. The molecule has 2 N–H and O–H groups in total. The van der Waals surface area contributed by atoms with Crippen molar-refractivity contribution < 1.29 is 4.74 Å². The lowest BCUT2D eigenvalue weighted by atomic mass is 10.2. The van der Waals surface area contributed by atoms with Crippen LogP contribution in [0.1, 0.15) is 19.8 Å². The fourth-order valence-corrected chi connectivity index (χ4v) is 2.64. The molecule has 0 aromatic rings. The number of hydrogen-bond donors (Lipinski definition) is 1. The van der Waals surface area contributed by atoms with Gasteiger partial charge < -0.3 is 10.5 Å². The summed E-state index contributed by atoms with van der Waals surface area (Å²) in [4.78, 5) is 4.40. The maximum Gasteiger partial charge on any atom is 0.137 e. The summed E-state index contributed by atoms with van der Waals surface area (Å²) in [5.74, 6) is 0.567. The summed E-state index contributed by atoms with van der Waals surface area (Å²) in [5.41, 5.74) is 7.91. The van der Waals surface area contributed by atoms with E-state index in [1.54, 1.807) is 0 Å². The van der Waals surface area contributed by atoms with Gasteiger partial charge in [0.25, 0.3) is 0 Å². The summed E-state index contributed by atoms with van der Waals surface area (Å²) in [6.45, 7) is 10.3. The molecule has 0 unspecified atom stereocenters. The van der Waals surface area contributed by atoms with Crippen molar-refractivity contribution in [1.82, 2.24) is 0 Å². The Labute approximate surface area is 120 Å². The summed E-state index contributed by atoms with van der Waals surface area (Å²) in [7, 11) is -0.993. The van der Waals surface area contributed by atoms with E-state index in [-0.39, 0.29) is 0 Å². The summed E-state index contributed by atoms with van der Waals surface area (Å²) >= 11 is 3.53. The van der Waals surface area contributed by atoms with Crippen LogP contribution in [0.4, 0.5) is 0 Å². The monoisotopic (exact) mass is 332 g/mol. The van der Waals surface area contributed by atoms with Gasteiger partial charge in [-0.3, -0.25) is 4.99 Å². The molecule has 5 heteroatoms. The standard InChI is InChI=1S/C13H25BrN2OSi/c1-10(12(14)13(15)11-5-6-11)16-9-17-7-8-18(2,3)4/h11H,5-9,15H2,1-4H3. The van der Waals surface area contributed by atoms with Crippen LogP contribution in [0.25, 0.3) is 0 Å². The molecule has 1 aliphatic carbocycles. The van der Waals surface area contributed by atoms with E-state index >= 15 is 0 Å². The topological polar surface area (TPSA) is 47.6 Å². The number of nitrogens with zero attached hydrogens (tertiary/aromatic N) is 1. The third kappa shape index (κ3) is 6.16. The average molecular weight is 333 g/mol. The van der Waals surface area contributed by atoms with Crippen molar-refractivity contribution in [3.05, 3.63) is 10.2 Å². The zero-order valence-electron chi connectivity index (χ0n) is 11.9. The van der Waals surface area contributed by atoms with Crippen LogP contribution in [-0.4, -0.2) is 27.1 Å². The van der Waals surface area contributed by atoms with E-state index in [2.05, 4.69) is 40.6 Å². The Kier molecular flexibility index (Phi) is 6.07. The normalized spacial score (nSPS) is 18.8. The first kappa shape index (κ1) is 15.9. The van der Waals surface area contributed by atoms with Crippen molar-refractivity contribution >= 4 is 29.7 Å². The highest BCUT2D eigenvalue weighted by Crippen LogP contribution is 2.36. The average Bonchev–Trinajstić information content (AvgIpc) is 3.08. The Bertz CT molecular complexity index is 343. The van der Waals surface area contributed by atoms with Gasteiger partial charge in [-0.15, -0.1) is 0 Å². The highest BCUT2D eigenvalue weighted by atomic mass is 79.9. The van der Waals surface area contributed by atoms with E-state index in [9.17, 15) is 0 Å². The van der Waals surface area contributed by atoms with E-state index in [4.69, 9.17) is 10.5 Å². The molecule has 1 fully saturated rings. The van der Waals surface area contributed by atoms with E-state index in [0.717, 1.165) is 22.5 Å². The van der Waals surface area contributed by atoms with Crippen LogP contribution >= 0.6 is 15.9 Å². The summed E-state index contributed by atoms with van der Waals surface area (Å²) in [6.07, 6.45) is 2.42. The quantitative estimate of drug-likeness (QED) is 0.438. The Morgan fingerprint density at radius 3 is 2.50 bits per heavy atom. The lowest BCUT2D eigenvalue weighted by Crippen LogP contribution is -2.21. The lowest BCUT2D eigenvalue weighted by molar-refractivity contribution is 0.155. The molecule has 1 rings (SSSR count). The van der Waals surface area contributed by atoms with Gasteiger partial charge in [-0.25, -0.2) is 0 Å². The molecule has 104 valence electrons. The maximum atomic E-state index is 6.03. The minimum Gasteiger partial charge on any atom is -0.401 e. The minimum atomic E-state index is -0.993. The van der Waals surface area contributed by atoms with Crippen LogP contribution in [0.2, 0.25) is 25.7 Å². The van der Waals surface area contributed by atoms with Gasteiger partial charge >= 0.3 is 0 Å². The van der Waals surface area contributed by atoms with E-state index < -0.39 is 8.07 Å². The number of nitrogens with two attached hydrogens (primary N) is 1. The first-order valence-electron chi connectivity index (χ1n) is 6.55. The third-order valence-corrected chi connectivity index (χ3v) is 5.71. The van der Waals surface area contributed by atoms with Gasteiger partial charge in [0.05, 0.1) is 10.2 Å². The van der Waals surface area contributed by atoms with Crippen molar-refractivity contribution in [3.8, 4) is 0 Å². The number of hydrogen-bond acceptors (Lipinski definition) is 3. The summed E-state index contributed by atoms with van der Waals surface area (Å²) < 4.78 is 6.51. The highest BCUT2D eigenvalue weighted by Gasteiger charge is 2.26. The van der Waals surface area contributed by atoms with Crippen LogP contribution in [0.15, 0.2) is 15.2 Å². The van der Waals surface area contributed by atoms with Crippen LogP contribution in [-0.2, 0) is 4.74 Å². The molecule has 0 aromatic carbocycles. The highest BCUT2D eigenvalue weighted by molar-refractivity contribution is 9.12. The Balaban J connectivity index is 2.31. The van der Waals surface area contributed by atoms with Crippen LogP contribution in [0.5, 0.6) is 0 Å². The molecule has 0 amide bonds. The van der Waals surface area contributed by atoms with Gasteiger partial charge in [-0.05, 0) is 47.7 Å². The molecule has 0 bridgehead atoms. The van der Waals surface area contributed by atoms with Crippen molar-refractivity contribution in [1.29, 1.82) is 0 Å². The van der Waals surface area contributed by atoms with Gasteiger partial charge in [-0.2, -0.15) is 0 Å². The zero-order valence-corrected chi connectivity index (χ0v) is 14.5. The SMILES string of the molecule is CC(=NCOCC[Si](C)(C)C)C(Br)=C(N)C1CC1. The summed E-state index contributed by atoms with van der Waals surface area (Å²) in [5, 5.41) is 0. The van der Waals surface area contributed by atoms with Gasteiger partial charge in [0.2, 0.25) is 0 Å². The molecule has 18 heavy (non-hydrogen) atoms. The third-order valence-electron chi connectivity index (χ3n) is 2.98. The second kappa shape index (κ2) is 6.87. The molecule has 0 heterocycles. The second-order valence-corrected chi connectivity index (χ2v) is 12.5. The van der Waals surface area contributed by atoms with Crippen molar-refractivity contribution in [2.24, 2.45) is 16.6 Å². The molecule has 1 aliphatic rings. The van der Waals surface area contributed by atoms with Gasteiger partial charge in [-0.1, -0.05) is 19.6 Å². The van der Waals surface area contributed by atoms with Gasteiger partial charge in [0.1, 0.15) is 6.73 Å². The number of aliphatic imine (C=N–C) groups is 1. The largest absolute Gasteiger partial charge is 0.401 e. The van der Waals surface area contributed by atoms with E-state index in [1.165, 1.54) is 18.9 Å². The molecule has 0 aromatic heterocycles. The molecule has 0 aliphatic heterocycles. The number of ether oxygens (including phenoxy) is 1. The van der Waals surface area contributed by atoms with Gasteiger partial charge in [0.15, 0.2) is 0 Å². The molecule has 0 atom stereocenters. The fourth-order valence-electron chi connectivity index (χ4n) is 1.44. The predicted octanol–water partition coefficient (Wildman–Crippen LogP) is 3.73. The molecule has 3 nitrogen and oxygen atoms in total. The van der Waals surface area contributed by atoms with Crippen LogP contribution in [0.3, 0.4) is 0 Å². The smallest absolute Gasteiger partial charge is 0.137 e. The molecule has 1 saturated carbocycles. The zero-order chi connectivity index (χ0) is 13.8. The minimum absolute atomic E-state index is 0.434. The first-order valence-corrected chi connectivity index (χ1v) is 11.1. The molecular weight excluding hydrogens is 308 g/mol. The Hall–Kier alpha value is -0.133. The van der Waals surface area contributed by atoms with Crippen molar-refractivity contribution in [3.63, 3.8) is 0 Å². The predicted molar refractivity (Wildman–Crippen MR) is 84.9 cm³/mol. The van der Waals surface area contributed by atoms with E-state index in [1.807, 2.05) is 6.92 Å². The van der Waals surface area contributed by atoms with Crippen molar-refractivity contribution in [2.45, 2.75) is 45.5 Å². The molecule has 0 spiro atoms. The summed E-state index contributed by atoms with van der Waals surface area (Å²) in [6, 6.07) is 1.18. The number of allylic oxidation sites excluding steroid dienone is 2. The first-order chi connectivity index (χ1) is 8.31. The maximum absolute atomic E-state index is 6.03. The van der Waals surface area contributed by atoms with E-state index in [0.29, 0.717) is 12.6 Å². The van der Waals surface area contributed by atoms with Crippen molar-refractivity contribution in [2.75, 3.05) is 13.3 Å². The van der Waals surface area contributed by atoms with Gasteiger partial charge in [0, 0.05) is 20.4 Å². The number of rotatable bonds is 7. The second-order valence-electron chi connectivity index (χ2n) is 6.14. The Morgan fingerprint density at radius 1 is 1.39 bits per heavy atom. The van der Waals surface area contributed by atoms with Crippen LogP contribution in [0, 0.1) is 5.92 Å². The molecule has 0 saturated heterocycles. The number of halogens is 1. The Morgan fingerprint density at radius 2 is 2.00 bits per heavy atom.